The zero-order valence-corrected chi connectivity index (χ0v) is 16.4. The molecule has 1 aromatic heterocycles. The average Bonchev–Trinajstić information content (AvgIpc) is 2.80. The van der Waals surface area contributed by atoms with Crippen LogP contribution in [0.25, 0.3) is 17.0 Å². The van der Waals surface area contributed by atoms with E-state index in [2.05, 4.69) is 0 Å². The zero-order valence-electron chi connectivity index (χ0n) is 16.4. The molecule has 4 rings (SSSR count). The molecular formula is C25H20O5. The lowest BCUT2D eigenvalue weighted by atomic mass is 10.2. The molecule has 5 heteroatoms. The Bertz CT molecular complexity index is 1210. The van der Waals surface area contributed by atoms with Crippen LogP contribution in [0.3, 0.4) is 0 Å². The Morgan fingerprint density at radius 3 is 2.40 bits per heavy atom. The van der Waals surface area contributed by atoms with Gasteiger partial charge in [0.25, 0.3) is 0 Å². The van der Waals surface area contributed by atoms with Gasteiger partial charge in [-0.15, -0.1) is 0 Å². The van der Waals surface area contributed by atoms with Gasteiger partial charge in [-0.3, -0.25) is 4.79 Å². The Hall–Kier alpha value is -3.99. The lowest BCUT2D eigenvalue weighted by Crippen LogP contribution is -2.05. The van der Waals surface area contributed by atoms with Gasteiger partial charge < -0.3 is 18.6 Å². The van der Waals surface area contributed by atoms with Gasteiger partial charge in [-0.1, -0.05) is 36.4 Å². The van der Waals surface area contributed by atoms with Crippen molar-refractivity contribution in [2.75, 3.05) is 13.7 Å². The molecule has 5 nitrogen and oxygen atoms in total. The van der Waals surface area contributed by atoms with Crippen LogP contribution >= 0.6 is 0 Å². The molecule has 4 aromatic rings. The Labute approximate surface area is 173 Å². The first kappa shape index (κ1) is 19.3. The summed E-state index contributed by atoms with van der Waals surface area (Å²) < 4.78 is 22.1. The van der Waals surface area contributed by atoms with Crippen LogP contribution < -0.4 is 19.6 Å². The van der Waals surface area contributed by atoms with E-state index in [1.54, 1.807) is 49.6 Å². The SMILES string of the molecule is COc1ccc(Oc2coc3cc(OC/C=C/c4ccccc4)ccc3c2=O)cc1. The van der Waals surface area contributed by atoms with Crippen molar-refractivity contribution in [1.29, 1.82) is 0 Å². The third-order valence-corrected chi connectivity index (χ3v) is 4.46. The summed E-state index contributed by atoms with van der Waals surface area (Å²) in [5, 5.41) is 0.424. The van der Waals surface area contributed by atoms with E-state index in [1.165, 1.54) is 6.26 Å². The minimum atomic E-state index is -0.248. The summed E-state index contributed by atoms with van der Waals surface area (Å²) in [6, 6.07) is 22.1. The molecule has 0 aliphatic carbocycles. The first-order valence-corrected chi connectivity index (χ1v) is 9.45. The van der Waals surface area contributed by atoms with Crippen LogP contribution in [0, 0.1) is 0 Å². The summed E-state index contributed by atoms with van der Waals surface area (Å²) in [6.45, 7) is 0.406. The summed E-state index contributed by atoms with van der Waals surface area (Å²) in [4.78, 5) is 12.7. The van der Waals surface area contributed by atoms with Crippen LogP contribution in [0.15, 0.2) is 94.3 Å². The fourth-order valence-electron chi connectivity index (χ4n) is 2.91. The van der Waals surface area contributed by atoms with Crippen LogP contribution in [0.1, 0.15) is 5.56 Å². The van der Waals surface area contributed by atoms with Gasteiger partial charge in [-0.2, -0.15) is 0 Å². The summed E-state index contributed by atoms with van der Waals surface area (Å²) in [7, 11) is 1.59. The van der Waals surface area contributed by atoms with E-state index in [4.69, 9.17) is 18.6 Å². The summed E-state index contributed by atoms with van der Waals surface area (Å²) in [5.74, 6) is 1.96. The lowest BCUT2D eigenvalue weighted by Gasteiger charge is -2.08. The zero-order chi connectivity index (χ0) is 20.8. The molecule has 0 N–H and O–H groups in total. The van der Waals surface area contributed by atoms with Gasteiger partial charge in [0.1, 0.15) is 35.7 Å². The second-order valence-electron chi connectivity index (χ2n) is 6.49. The monoisotopic (exact) mass is 400 g/mol. The summed E-state index contributed by atoms with van der Waals surface area (Å²) in [5.41, 5.74) is 1.30. The van der Waals surface area contributed by atoms with Gasteiger partial charge in [0.15, 0.2) is 0 Å². The predicted octanol–water partition coefficient (Wildman–Crippen LogP) is 5.69. The van der Waals surface area contributed by atoms with Gasteiger partial charge in [-0.05, 0) is 48.0 Å². The number of ether oxygens (including phenoxy) is 3. The highest BCUT2D eigenvalue weighted by atomic mass is 16.5. The first-order valence-electron chi connectivity index (χ1n) is 9.45. The number of methoxy groups -OCH3 is 1. The van der Waals surface area contributed by atoms with E-state index in [0.717, 1.165) is 5.56 Å². The molecule has 3 aromatic carbocycles. The molecule has 0 aliphatic heterocycles. The second kappa shape index (κ2) is 9.01. The van der Waals surface area contributed by atoms with Crippen molar-refractivity contribution in [3.8, 4) is 23.0 Å². The molecular weight excluding hydrogens is 380 g/mol. The topological polar surface area (TPSA) is 57.9 Å². The maximum Gasteiger partial charge on any atom is 0.235 e. The maximum absolute atomic E-state index is 12.7. The molecule has 0 aliphatic rings. The molecule has 0 saturated carbocycles. The van der Waals surface area contributed by atoms with Crippen molar-refractivity contribution in [3.63, 3.8) is 0 Å². The summed E-state index contributed by atoms with van der Waals surface area (Å²) in [6.07, 6.45) is 5.24. The molecule has 0 unspecified atom stereocenters. The van der Waals surface area contributed by atoms with Gasteiger partial charge in [-0.25, -0.2) is 0 Å². The third-order valence-electron chi connectivity index (χ3n) is 4.46. The van der Waals surface area contributed by atoms with Gasteiger partial charge >= 0.3 is 0 Å². The van der Waals surface area contributed by atoms with Gasteiger partial charge in [0.05, 0.1) is 12.5 Å². The van der Waals surface area contributed by atoms with E-state index < -0.39 is 0 Å². The quantitative estimate of drug-likeness (QED) is 0.399. The van der Waals surface area contributed by atoms with Crippen LogP contribution in [0.2, 0.25) is 0 Å². The molecule has 30 heavy (non-hydrogen) atoms. The normalized spacial score (nSPS) is 11.0. The molecule has 1 heterocycles. The number of hydrogen-bond acceptors (Lipinski definition) is 5. The molecule has 0 fully saturated rings. The van der Waals surface area contributed by atoms with Crippen LogP contribution in [-0.4, -0.2) is 13.7 Å². The van der Waals surface area contributed by atoms with Crippen molar-refractivity contribution >= 4 is 17.0 Å². The van der Waals surface area contributed by atoms with Crippen LogP contribution in [-0.2, 0) is 0 Å². The van der Waals surface area contributed by atoms with Crippen molar-refractivity contribution in [1.82, 2.24) is 0 Å². The standard InChI is InChI=1S/C25H20O5/c1-27-19-9-11-20(12-10-19)30-24-17-29-23-16-21(13-14-22(23)25(24)26)28-15-5-8-18-6-3-2-4-7-18/h2-14,16-17H,15H2,1H3/b8-5+. The lowest BCUT2D eigenvalue weighted by molar-refractivity contribution is 0.363. The highest BCUT2D eigenvalue weighted by Crippen LogP contribution is 2.25. The molecule has 0 bridgehead atoms. The molecule has 0 amide bonds. The fourth-order valence-corrected chi connectivity index (χ4v) is 2.91. The minimum absolute atomic E-state index is 0.118. The Morgan fingerprint density at radius 2 is 1.63 bits per heavy atom. The fraction of sp³-hybridized carbons (Fsp3) is 0.0800. The van der Waals surface area contributed by atoms with Crippen molar-refractivity contribution in [3.05, 3.63) is 101 Å². The Morgan fingerprint density at radius 1 is 0.900 bits per heavy atom. The van der Waals surface area contributed by atoms with Gasteiger partial charge in [0, 0.05) is 6.07 Å². The Balaban J connectivity index is 1.46. The highest BCUT2D eigenvalue weighted by Gasteiger charge is 2.10. The predicted molar refractivity (Wildman–Crippen MR) is 117 cm³/mol. The van der Waals surface area contributed by atoms with E-state index in [-0.39, 0.29) is 11.2 Å². The van der Waals surface area contributed by atoms with Crippen molar-refractivity contribution in [2.45, 2.75) is 0 Å². The smallest absolute Gasteiger partial charge is 0.235 e. The number of fused-ring (bicyclic) bond motifs is 1. The number of benzene rings is 3. The van der Waals surface area contributed by atoms with Crippen molar-refractivity contribution in [2.24, 2.45) is 0 Å². The maximum atomic E-state index is 12.7. The van der Waals surface area contributed by atoms with E-state index in [0.29, 0.717) is 34.8 Å². The Kier molecular flexibility index (Phi) is 5.80. The van der Waals surface area contributed by atoms with Crippen LogP contribution in [0.5, 0.6) is 23.0 Å². The van der Waals surface area contributed by atoms with Crippen LogP contribution in [0.4, 0.5) is 0 Å². The highest BCUT2D eigenvalue weighted by molar-refractivity contribution is 5.79. The van der Waals surface area contributed by atoms with E-state index >= 15 is 0 Å². The summed E-state index contributed by atoms with van der Waals surface area (Å²) >= 11 is 0. The molecule has 0 spiro atoms. The molecule has 0 atom stereocenters. The van der Waals surface area contributed by atoms with E-state index in [1.807, 2.05) is 42.5 Å². The second-order valence-corrected chi connectivity index (χ2v) is 6.49. The molecule has 0 saturated heterocycles. The third kappa shape index (κ3) is 4.52. The average molecular weight is 400 g/mol. The number of hydrogen-bond donors (Lipinski definition) is 0. The molecule has 0 radical (unpaired) electrons. The minimum Gasteiger partial charge on any atom is -0.497 e. The van der Waals surface area contributed by atoms with E-state index in [9.17, 15) is 4.79 Å². The first-order chi connectivity index (χ1) is 14.7. The van der Waals surface area contributed by atoms with Crippen molar-refractivity contribution < 1.29 is 18.6 Å². The number of rotatable bonds is 7. The van der Waals surface area contributed by atoms with Gasteiger partial charge in [0.2, 0.25) is 11.2 Å². The largest absolute Gasteiger partial charge is 0.497 e. The molecule has 150 valence electrons.